The van der Waals surface area contributed by atoms with E-state index in [9.17, 15) is 14.0 Å². The molecule has 3 aromatic rings. The molecule has 0 aromatic heterocycles. The molecule has 2 aliphatic rings. The fourth-order valence-electron chi connectivity index (χ4n) is 4.76. The van der Waals surface area contributed by atoms with Crippen LogP contribution in [0.1, 0.15) is 25.3 Å². The van der Waals surface area contributed by atoms with Crippen LogP contribution in [0.25, 0.3) is 0 Å². The molecular weight excluding hydrogens is 431 g/mol. The van der Waals surface area contributed by atoms with Gasteiger partial charge in [0.25, 0.3) is 11.8 Å². The topological polar surface area (TPSA) is 65.3 Å². The monoisotopic (exact) mass is 454 g/mol. The third-order valence-corrected chi connectivity index (χ3v) is 6.34. The fraction of sp³-hybridized carbons (Fsp3) is 0.185. The minimum atomic E-state index is -0.694. The SMILES string of the molecule is CC1=NN(c2ccccc2)C(=O)C1C(c1ccc(F)cc1)C1C(=O)N(c2ccccc2)N=C1C. The number of hydrogen-bond acceptors (Lipinski definition) is 4. The quantitative estimate of drug-likeness (QED) is 0.545. The highest BCUT2D eigenvalue weighted by atomic mass is 19.1. The van der Waals surface area contributed by atoms with Gasteiger partial charge in [-0.15, -0.1) is 0 Å². The van der Waals surface area contributed by atoms with Crippen molar-refractivity contribution in [1.29, 1.82) is 0 Å². The average molecular weight is 455 g/mol. The Morgan fingerprint density at radius 3 is 1.50 bits per heavy atom. The van der Waals surface area contributed by atoms with E-state index >= 15 is 0 Å². The average Bonchev–Trinajstić information content (AvgIpc) is 3.32. The first-order valence-corrected chi connectivity index (χ1v) is 11.1. The Kier molecular flexibility index (Phi) is 5.53. The maximum Gasteiger partial charge on any atom is 0.256 e. The number of amides is 2. The number of nitrogens with zero attached hydrogens (tertiary/aromatic N) is 4. The third-order valence-electron chi connectivity index (χ3n) is 6.34. The first kappa shape index (κ1) is 21.7. The predicted octanol–water partition coefficient (Wildman–Crippen LogP) is 4.99. The van der Waals surface area contributed by atoms with E-state index in [1.54, 1.807) is 26.0 Å². The molecule has 5 rings (SSSR count). The van der Waals surface area contributed by atoms with Crippen molar-refractivity contribution in [2.75, 3.05) is 10.0 Å². The van der Waals surface area contributed by atoms with Crippen LogP contribution in [0.2, 0.25) is 0 Å². The molecule has 34 heavy (non-hydrogen) atoms. The summed E-state index contributed by atoms with van der Waals surface area (Å²) in [6, 6.07) is 24.3. The summed E-state index contributed by atoms with van der Waals surface area (Å²) in [5.74, 6) is -2.81. The van der Waals surface area contributed by atoms with Crippen LogP contribution in [0.15, 0.2) is 95.1 Å². The lowest BCUT2D eigenvalue weighted by molar-refractivity contribution is -0.122. The Morgan fingerprint density at radius 2 is 1.09 bits per heavy atom. The van der Waals surface area contributed by atoms with Gasteiger partial charge in [0.2, 0.25) is 0 Å². The molecule has 2 heterocycles. The lowest BCUT2D eigenvalue weighted by Gasteiger charge is -2.28. The molecular formula is C27H23FN4O2. The van der Waals surface area contributed by atoms with Crippen molar-refractivity contribution in [1.82, 2.24) is 0 Å². The lowest BCUT2D eigenvalue weighted by Crippen LogP contribution is -2.40. The van der Waals surface area contributed by atoms with Gasteiger partial charge in [-0.25, -0.2) is 14.4 Å². The largest absolute Gasteiger partial charge is 0.272 e. The van der Waals surface area contributed by atoms with E-state index in [-0.39, 0.29) is 17.6 Å². The van der Waals surface area contributed by atoms with Crippen LogP contribution in [0.4, 0.5) is 15.8 Å². The summed E-state index contributed by atoms with van der Waals surface area (Å²) >= 11 is 0. The second kappa shape index (κ2) is 8.67. The molecule has 0 N–H and O–H groups in total. The number of para-hydroxylation sites is 2. The van der Waals surface area contributed by atoms with E-state index in [0.29, 0.717) is 28.4 Å². The summed E-state index contributed by atoms with van der Waals surface area (Å²) in [4.78, 5) is 27.4. The van der Waals surface area contributed by atoms with Gasteiger partial charge in [0.05, 0.1) is 23.2 Å². The summed E-state index contributed by atoms with van der Waals surface area (Å²) in [5.41, 5.74) is 3.19. The van der Waals surface area contributed by atoms with E-state index < -0.39 is 17.8 Å². The Bertz CT molecular complexity index is 1210. The van der Waals surface area contributed by atoms with E-state index in [2.05, 4.69) is 10.2 Å². The maximum absolute atomic E-state index is 13.8. The molecule has 0 bridgehead atoms. The molecule has 7 heteroatoms. The molecule has 3 aromatic carbocycles. The standard InChI is InChI=1S/C27H23FN4O2/c1-17-23(26(33)31(29-17)21-9-5-3-6-10-21)25(19-13-15-20(28)16-14-19)24-18(2)30-32(27(24)34)22-11-7-4-8-12-22/h3-16,23-25H,1-2H3. The zero-order valence-electron chi connectivity index (χ0n) is 18.8. The zero-order valence-corrected chi connectivity index (χ0v) is 18.8. The van der Waals surface area contributed by atoms with Gasteiger partial charge in [-0.05, 0) is 55.8 Å². The number of hydrazone groups is 2. The number of carbonyl (C=O) groups excluding carboxylic acids is 2. The van der Waals surface area contributed by atoms with Crippen molar-refractivity contribution in [3.63, 3.8) is 0 Å². The van der Waals surface area contributed by atoms with E-state index in [1.807, 2.05) is 60.7 Å². The van der Waals surface area contributed by atoms with Gasteiger partial charge in [0.15, 0.2) is 0 Å². The van der Waals surface area contributed by atoms with E-state index in [1.165, 1.54) is 22.2 Å². The molecule has 0 saturated heterocycles. The first-order chi connectivity index (χ1) is 16.5. The number of carbonyl (C=O) groups is 2. The second-order valence-electron chi connectivity index (χ2n) is 8.49. The summed E-state index contributed by atoms with van der Waals surface area (Å²) < 4.78 is 13.8. The smallest absolute Gasteiger partial charge is 0.256 e. The van der Waals surface area contributed by atoms with Gasteiger partial charge in [-0.3, -0.25) is 9.59 Å². The first-order valence-electron chi connectivity index (χ1n) is 11.1. The normalized spacial score (nSPS) is 21.0. The van der Waals surface area contributed by atoms with Gasteiger partial charge >= 0.3 is 0 Å². The van der Waals surface area contributed by atoms with E-state index in [4.69, 9.17) is 0 Å². The van der Waals surface area contributed by atoms with E-state index in [0.717, 1.165) is 0 Å². The van der Waals surface area contributed by atoms with Crippen molar-refractivity contribution in [3.05, 3.63) is 96.3 Å². The van der Waals surface area contributed by atoms with Crippen molar-refractivity contribution in [2.45, 2.75) is 19.8 Å². The number of halogens is 1. The summed E-state index contributed by atoms with van der Waals surface area (Å²) in [7, 11) is 0. The second-order valence-corrected chi connectivity index (χ2v) is 8.49. The molecule has 0 aliphatic carbocycles. The summed E-state index contributed by atoms with van der Waals surface area (Å²) in [6.45, 7) is 3.59. The molecule has 170 valence electrons. The predicted molar refractivity (Wildman–Crippen MR) is 130 cm³/mol. The highest BCUT2D eigenvalue weighted by Crippen LogP contribution is 2.42. The molecule has 0 spiro atoms. The van der Waals surface area contributed by atoms with Crippen LogP contribution in [0.3, 0.4) is 0 Å². The van der Waals surface area contributed by atoms with Crippen molar-refractivity contribution in [3.8, 4) is 0 Å². The molecule has 0 saturated carbocycles. The van der Waals surface area contributed by atoms with Gasteiger partial charge in [0.1, 0.15) is 5.82 Å². The maximum atomic E-state index is 13.8. The van der Waals surface area contributed by atoms with Gasteiger partial charge < -0.3 is 0 Å². The molecule has 2 aliphatic heterocycles. The van der Waals surface area contributed by atoms with Crippen LogP contribution in [0, 0.1) is 17.7 Å². The van der Waals surface area contributed by atoms with Gasteiger partial charge in [-0.2, -0.15) is 10.2 Å². The lowest BCUT2D eigenvalue weighted by atomic mass is 9.73. The van der Waals surface area contributed by atoms with Crippen LogP contribution in [-0.2, 0) is 9.59 Å². The van der Waals surface area contributed by atoms with Crippen molar-refractivity contribution >= 4 is 34.6 Å². The molecule has 0 fully saturated rings. The highest BCUT2D eigenvalue weighted by Gasteiger charge is 2.50. The summed E-state index contributed by atoms with van der Waals surface area (Å²) in [5, 5.41) is 11.9. The molecule has 0 radical (unpaired) electrons. The summed E-state index contributed by atoms with van der Waals surface area (Å²) in [6.07, 6.45) is 0. The Labute approximate surface area is 197 Å². The zero-order chi connectivity index (χ0) is 23.8. The molecule has 2 amide bonds. The minimum Gasteiger partial charge on any atom is -0.272 e. The number of hydrogen-bond donors (Lipinski definition) is 0. The van der Waals surface area contributed by atoms with Crippen LogP contribution >= 0.6 is 0 Å². The van der Waals surface area contributed by atoms with Crippen molar-refractivity contribution < 1.29 is 14.0 Å². The fourth-order valence-corrected chi connectivity index (χ4v) is 4.76. The Hall–Kier alpha value is -4.13. The number of anilines is 2. The Balaban J connectivity index is 1.57. The van der Waals surface area contributed by atoms with Crippen LogP contribution in [0.5, 0.6) is 0 Å². The number of rotatable bonds is 5. The molecule has 2 atom stereocenters. The highest BCUT2D eigenvalue weighted by molar-refractivity contribution is 6.19. The minimum absolute atomic E-state index is 0.225. The van der Waals surface area contributed by atoms with Gasteiger partial charge in [-0.1, -0.05) is 48.5 Å². The van der Waals surface area contributed by atoms with Crippen LogP contribution < -0.4 is 10.0 Å². The molecule has 6 nitrogen and oxygen atoms in total. The Morgan fingerprint density at radius 1 is 0.676 bits per heavy atom. The van der Waals surface area contributed by atoms with Gasteiger partial charge in [0, 0.05) is 17.3 Å². The molecule has 2 unspecified atom stereocenters. The van der Waals surface area contributed by atoms with Crippen molar-refractivity contribution in [2.24, 2.45) is 22.0 Å². The van der Waals surface area contributed by atoms with Crippen LogP contribution in [-0.4, -0.2) is 23.2 Å². The number of benzene rings is 3. The third kappa shape index (κ3) is 3.69.